The lowest BCUT2D eigenvalue weighted by atomic mass is 9.85. The topological polar surface area (TPSA) is 117 Å². The van der Waals surface area contributed by atoms with Crippen molar-refractivity contribution in [3.05, 3.63) is 58.8 Å². The largest absolute Gasteiger partial charge is 0.504 e. The van der Waals surface area contributed by atoms with Gasteiger partial charge in [-0.05, 0) is 31.5 Å². The molecule has 4 rings (SSSR count). The molecule has 3 heterocycles. The lowest BCUT2D eigenvalue weighted by Crippen LogP contribution is -2.20. The predicted molar refractivity (Wildman–Crippen MR) is 138 cm³/mol. The van der Waals surface area contributed by atoms with Crippen molar-refractivity contribution < 1.29 is 28.8 Å². The third-order valence-electron chi connectivity index (χ3n) is 6.68. The van der Waals surface area contributed by atoms with Crippen LogP contribution in [0.1, 0.15) is 49.5 Å². The molecule has 0 saturated heterocycles. The number of benzene rings is 1. The third kappa shape index (κ3) is 4.79. The Labute approximate surface area is 219 Å². The zero-order valence-corrected chi connectivity index (χ0v) is 22.3. The maximum absolute atomic E-state index is 15.2. The number of aryl methyl sites for hydroxylation is 1. The summed E-state index contributed by atoms with van der Waals surface area (Å²) >= 11 is 0. The Morgan fingerprint density at radius 1 is 1.13 bits per heavy atom. The molecule has 3 aromatic heterocycles. The van der Waals surface area contributed by atoms with Gasteiger partial charge in [0.1, 0.15) is 11.8 Å². The van der Waals surface area contributed by atoms with Gasteiger partial charge in [0.05, 0.1) is 29.8 Å². The minimum atomic E-state index is -1.61. The highest BCUT2D eigenvalue weighted by molar-refractivity contribution is 5.80. The number of hydrogen-bond acceptors (Lipinski definition) is 7. The molecule has 9 nitrogen and oxygen atoms in total. The van der Waals surface area contributed by atoms with E-state index in [2.05, 4.69) is 15.4 Å². The highest BCUT2D eigenvalue weighted by Crippen LogP contribution is 2.47. The van der Waals surface area contributed by atoms with Crippen LogP contribution in [0, 0.1) is 24.0 Å². The van der Waals surface area contributed by atoms with Crippen molar-refractivity contribution in [2.45, 2.75) is 46.8 Å². The lowest BCUT2D eigenvalue weighted by molar-refractivity contribution is 0.0575. The number of halogens is 2. The Morgan fingerprint density at radius 2 is 1.84 bits per heavy atom. The van der Waals surface area contributed by atoms with Crippen molar-refractivity contribution in [3.63, 3.8) is 0 Å². The fraction of sp³-hybridized carbons (Fsp3) is 0.407. The number of aliphatic hydroxyl groups excluding tert-OH is 1. The van der Waals surface area contributed by atoms with E-state index in [-0.39, 0.29) is 24.2 Å². The van der Waals surface area contributed by atoms with E-state index < -0.39 is 40.4 Å². The van der Waals surface area contributed by atoms with Gasteiger partial charge in [-0.2, -0.15) is 13.9 Å². The SMILES string of the molecule is CNCc1cnc2ccc(-c3c(O)c(O)c(F)c(F)c3OCCc3c(C(O)C(C)(C)C)nn(C)c3C)cn12. The summed E-state index contributed by atoms with van der Waals surface area (Å²) in [5.41, 5.74) is 3.07. The first-order chi connectivity index (χ1) is 17.9. The normalized spacial score (nSPS) is 12.9. The van der Waals surface area contributed by atoms with E-state index in [1.54, 1.807) is 47.7 Å². The maximum Gasteiger partial charge on any atom is 0.208 e. The molecule has 4 N–H and O–H groups in total. The number of phenols is 2. The number of fused-ring (bicyclic) bond motifs is 1. The smallest absolute Gasteiger partial charge is 0.208 e. The van der Waals surface area contributed by atoms with Crippen LogP contribution >= 0.6 is 0 Å². The Balaban J connectivity index is 1.73. The Morgan fingerprint density at radius 3 is 2.50 bits per heavy atom. The van der Waals surface area contributed by atoms with Crippen molar-refractivity contribution in [2.75, 3.05) is 13.7 Å². The van der Waals surface area contributed by atoms with E-state index >= 15 is 4.39 Å². The Hall–Kier alpha value is -3.70. The average Bonchev–Trinajstić information content (AvgIpc) is 3.40. The first-order valence-corrected chi connectivity index (χ1v) is 12.2. The Kier molecular flexibility index (Phi) is 7.35. The molecule has 0 aliphatic carbocycles. The van der Waals surface area contributed by atoms with E-state index in [0.29, 0.717) is 17.9 Å². The zero-order chi connectivity index (χ0) is 27.9. The van der Waals surface area contributed by atoms with Gasteiger partial charge in [-0.1, -0.05) is 20.8 Å². The highest BCUT2D eigenvalue weighted by atomic mass is 19.2. The van der Waals surface area contributed by atoms with Crippen LogP contribution in [0.5, 0.6) is 17.2 Å². The standard InChI is InChI=1S/C27H33F2N5O4/c1-14-17(22(32-33(14)6)26(37)27(2,3)4)9-10-38-25-19(23(35)24(36)20(28)21(25)29)15-7-8-18-31-12-16(11-30-5)34(18)13-15/h7-8,12-13,26,30,35-37H,9-11H2,1-6H3. The minimum Gasteiger partial charge on any atom is -0.504 e. The van der Waals surface area contributed by atoms with Gasteiger partial charge in [-0.15, -0.1) is 0 Å². The van der Waals surface area contributed by atoms with Crippen LogP contribution in [-0.4, -0.2) is 48.1 Å². The molecule has 0 bridgehead atoms. The van der Waals surface area contributed by atoms with E-state index in [4.69, 9.17) is 4.74 Å². The number of aliphatic hydroxyl groups is 1. The molecule has 1 aromatic carbocycles. The van der Waals surface area contributed by atoms with Gasteiger partial charge < -0.3 is 29.8 Å². The van der Waals surface area contributed by atoms with Crippen LogP contribution in [0.3, 0.4) is 0 Å². The van der Waals surface area contributed by atoms with Crippen molar-refractivity contribution in [2.24, 2.45) is 12.5 Å². The summed E-state index contributed by atoms with van der Waals surface area (Å²) in [6.45, 7) is 7.92. The number of pyridine rings is 1. The summed E-state index contributed by atoms with van der Waals surface area (Å²) < 4.78 is 38.8. The van der Waals surface area contributed by atoms with Crippen LogP contribution < -0.4 is 10.1 Å². The number of ether oxygens (including phenoxy) is 1. The second-order valence-corrected chi connectivity index (χ2v) is 10.4. The fourth-order valence-corrected chi connectivity index (χ4v) is 4.41. The number of phenolic OH excluding ortho intramolecular Hbond substituents is 2. The minimum absolute atomic E-state index is 0.109. The molecule has 0 radical (unpaired) electrons. The Bertz CT molecular complexity index is 1490. The first-order valence-electron chi connectivity index (χ1n) is 12.2. The predicted octanol–water partition coefficient (Wildman–Crippen LogP) is 4.15. The van der Waals surface area contributed by atoms with Gasteiger partial charge in [-0.25, -0.2) is 4.98 Å². The first kappa shape index (κ1) is 27.3. The lowest BCUT2D eigenvalue weighted by Gasteiger charge is -2.25. The molecule has 0 amide bonds. The van der Waals surface area contributed by atoms with Gasteiger partial charge in [0.2, 0.25) is 11.6 Å². The van der Waals surface area contributed by atoms with Crippen molar-refractivity contribution in [1.82, 2.24) is 24.5 Å². The van der Waals surface area contributed by atoms with Crippen molar-refractivity contribution >= 4 is 5.65 Å². The maximum atomic E-state index is 15.2. The molecule has 0 fully saturated rings. The molecule has 4 aromatic rings. The van der Waals surface area contributed by atoms with E-state index in [1.807, 2.05) is 27.7 Å². The van der Waals surface area contributed by atoms with Gasteiger partial charge in [0.25, 0.3) is 0 Å². The van der Waals surface area contributed by atoms with Crippen molar-refractivity contribution in [1.29, 1.82) is 0 Å². The number of aromatic nitrogens is 4. The second-order valence-electron chi connectivity index (χ2n) is 10.4. The highest BCUT2D eigenvalue weighted by Gasteiger charge is 2.31. The number of imidazole rings is 1. The molecule has 1 unspecified atom stereocenters. The third-order valence-corrected chi connectivity index (χ3v) is 6.68. The molecule has 1 atom stereocenters. The van der Waals surface area contributed by atoms with Gasteiger partial charge in [-0.3, -0.25) is 4.68 Å². The molecule has 204 valence electrons. The second kappa shape index (κ2) is 10.2. The summed E-state index contributed by atoms with van der Waals surface area (Å²) in [6, 6.07) is 3.24. The van der Waals surface area contributed by atoms with Gasteiger partial charge in [0.15, 0.2) is 17.2 Å². The van der Waals surface area contributed by atoms with Gasteiger partial charge in [0, 0.05) is 43.0 Å². The van der Waals surface area contributed by atoms with Crippen LogP contribution in [0.15, 0.2) is 24.5 Å². The summed E-state index contributed by atoms with van der Waals surface area (Å²) in [4.78, 5) is 4.32. The van der Waals surface area contributed by atoms with Crippen molar-refractivity contribution in [3.8, 4) is 28.4 Å². The number of hydrogen-bond donors (Lipinski definition) is 4. The molecule has 0 spiro atoms. The van der Waals surface area contributed by atoms with Crippen LogP contribution in [0.2, 0.25) is 0 Å². The van der Waals surface area contributed by atoms with Crippen LogP contribution in [0.25, 0.3) is 16.8 Å². The number of rotatable bonds is 8. The molecule has 38 heavy (non-hydrogen) atoms. The molecule has 0 aliphatic rings. The molecular formula is C27H33F2N5O4. The van der Waals surface area contributed by atoms with E-state index in [1.165, 1.54) is 0 Å². The summed E-state index contributed by atoms with van der Waals surface area (Å²) in [6.07, 6.45) is 2.66. The summed E-state index contributed by atoms with van der Waals surface area (Å²) in [7, 11) is 3.54. The number of aromatic hydroxyl groups is 2. The fourth-order valence-electron chi connectivity index (χ4n) is 4.41. The zero-order valence-electron chi connectivity index (χ0n) is 22.3. The number of nitrogens with zero attached hydrogens (tertiary/aromatic N) is 4. The number of nitrogens with one attached hydrogen (secondary N) is 1. The van der Waals surface area contributed by atoms with Gasteiger partial charge >= 0.3 is 0 Å². The summed E-state index contributed by atoms with van der Waals surface area (Å²) in [5, 5.41) is 39.1. The quantitative estimate of drug-likeness (QED) is 0.253. The van der Waals surface area contributed by atoms with Crippen LogP contribution in [0.4, 0.5) is 8.78 Å². The van der Waals surface area contributed by atoms with Crippen LogP contribution in [-0.2, 0) is 20.0 Å². The average molecular weight is 530 g/mol. The molecule has 0 saturated carbocycles. The molecular weight excluding hydrogens is 496 g/mol. The van der Waals surface area contributed by atoms with E-state index in [0.717, 1.165) is 17.0 Å². The molecule has 0 aliphatic heterocycles. The molecule has 11 heteroatoms. The summed E-state index contributed by atoms with van der Waals surface area (Å²) in [5.74, 6) is -5.61. The monoisotopic (exact) mass is 529 g/mol. The van der Waals surface area contributed by atoms with E-state index in [9.17, 15) is 19.7 Å².